The Labute approximate surface area is 160 Å². The van der Waals surface area contributed by atoms with Crippen LogP contribution in [0.15, 0.2) is 53.4 Å². The van der Waals surface area contributed by atoms with Crippen molar-refractivity contribution in [1.82, 2.24) is 5.32 Å². The lowest BCUT2D eigenvalue weighted by atomic mass is 10.1. The second-order valence-electron chi connectivity index (χ2n) is 5.80. The quantitative estimate of drug-likeness (QED) is 0.560. The number of halogens is 1. The molecule has 6 nitrogen and oxygen atoms in total. The standard InChI is InChI=1S/C18H24N2O4S.ClH/c1-14-8-9-15(12-18(14)25(19,22)23)17(21)13-20-10-5-11-24-16-6-3-2-4-7-16;/h2-4,6-9,12,17,20-21H,5,10-11,13H2,1H3,(H2,19,22,23);1H. The lowest BCUT2D eigenvalue weighted by molar-refractivity contribution is 0.173. The number of nitrogens with one attached hydrogen (secondary N) is 1. The zero-order valence-corrected chi connectivity index (χ0v) is 16.2. The smallest absolute Gasteiger partial charge is 0.238 e. The number of nitrogens with two attached hydrogens (primary N) is 1. The van der Waals surface area contributed by atoms with Crippen LogP contribution < -0.4 is 15.2 Å². The van der Waals surface area contributed by atoms with Crippen LogP contribution in [0.5, 0.6) is 5.75 Å². The molecule has 0 bridgehead atoms. The van der Waals surface area contributed by atoms with Gasteiger partial charge >= 0.3 is 0 Å². The fourth-order valence-electron chi connectivity index (χ4n) is 2.39. The maximum Gasteiger partial charge on any atom is 0.238 e. The Hall–Kier alpha value is -1.64. The summed E-state index contributed by atoms with van der Waals surface area (Å²) in [6, 6.07) is 14.3. The van der Waals surface area contributed by atoms with Gasteiger partial charge < -0.3 is 15.2 Å². The molecule has 0 saturated heterocycles. The predicted molar refractivity (Wildman–Crippen MR) is 104 cm³/mol. The summed E-state index contributed by atoms with van der Waals surface area (Å²) in [4.78, 5) is 0.0420. The molecule has 0 heterocycles. The third kappa shape index (κ3) is 6.93. The van der Waals surface area contributed by atoms with Gasteiger partial charge in [0.05, 0.1) is 17.6 Å². The second-order valence-corrected chi connectivity index (χ2v) is 7.33. The van der Waals surface area contributed by atoms with Gasteiger partial charge in [0.25, 0.3) is 0 Å². The zero-order valence-electron chi connectivity index (χ0n) is 14.6. The molecular weight excluding hydrogens is 376 g/mol. The molecule has 0 aromatic heterocycles. The van der Waals surface area contributed by atoms with Crippen LogP contribution in [0.4, 0.5) is 0 Å². The molecule has 0 radical (unpaired) electrons. The third-order valence-electron chi connectivity index (χ3n) is 3.75. The number of rotatable bonds is 9. The lowest BCUT2D eigenvalue weighted by Gasteiger charge is -2.14. The van der Waals surface area contributed by atoms with Gasteiger partial charge in [-0.2, -0.15) is 0 Å². The van der Waals surface area contributed by atoms with E-state index in [-0.39, 0.29) is 17.3 Å². The molecule has 0 fully saturated rings. The summed E-state index contributed by atoms with van der Waals surface area (Å²) in [6.45, 7) is 3.24. The Morgan fingerprint density at radius 3 is 2.54 bits per heavy atom. The minimum atomic E-state index is -3.80. The molecule has 144 valence electrons. The molecule has 2 aromatic carbocycles. The summed E-state index contributed by atoms with van der Waals surface area (Å²) in [6.07, 6.45) is -0.0195. The van der Waals surface area contributed by atoms with Gasteiger partial charge in [-0.25, -0.2) is 13.6 Å². The third-order valence-corrected chi connectivity index (χ3v) is 4.80. The van der Waals surface area contributed by atoms with E-state index in [1.807, 2.05) is 30.3 Å². The number of ether oxygens (including phenoxy) is 1. The molecule has 26 heavy (non-hydrogen) atoms. The first kappa shape index (κ1) is 22.4. The van der Waals surface area contributed by atoms with Gasteiger partial charge in [-0.3, -0.25) is 0 Å². The highest BCUT2D eigenvalue weighted by atomic mass is 35.5. The maximum atomic E-state index is 11.5. The zero-order chi connectivity index (χ0) is 18.3. The Morgan fingerprint density at radius 2 is 1.88 bits per heavy atom. The fraction of sp³-hybridized carbons (Fsp3) is 0.333. The summed E-state index contributed by atoms with van der Waals surface area (Å²) in [5, 5.41) is 18.5. The largest absolute Gasteiger partial charge is 0.494 e. The molecule has 1 unspecified atom stereocenters. The van der Waals surface area contributed by atoms with Crippen LogP contribution in [0.3, 0.4) is 0 Å². The highest BCUT2D eigenvalue weighted by Crippen LogP contribution is 2.20. The Morgan fingerprint density at radius 1 is 1.19 bits per heavy atom. The summed E-state index contributed by atoms with van der Waals surface area (Å²) in [5.74, 6) is 0.831. The molecule has 1 atom stereocenters. The van der Waals surface area contributed by atoms with Crippen molar-refractivity contribution in [3.8, 4) is 5.75 Å². The van der Waals surface area contributed by atoms with Crippen LogP contribution in [-0.4, -0.2) is 33.2 Å². The normalized spacial score (nSPS) is 12.3. The van der Waals surface area contributed by atoms with Gasteiger partial charge in [0, 0.05) is 6.54 Å². The Balaban J connectivity index is 0.00000338. The highest BCUT2D eigenvalue weighted by molar-refractivity contribution is 7.89. The van der Waals surface area contributed by atoms with E-state index in [1.165, 1.54) is 6.07 Å². The number of benzene rings is 2. The number of para-hydroxylation sites is 1. The van der Waals surface area contributed by atoms with E-state index in [1.54, 1.807) is 19.1 Å². The van der Waals surface area contributed by atoms with E-state index in [2.05, 4.69) is 5.32 Å². The maximum absolute atomic E-state index is 11.5. The van der Waals surface area contributed by atoms with Crippen molar-refractivity contribution in [3.63, 3.8) is 0 Å². The number of primary sulfonamides is 1. The topological polar surface area (TPSA) is 102 Å². The highest BCUT2D eigenvalue weighted by Gasteiger charge is 2.15. The molecule has 0 aliphatic heterocycles. The van der Waals surface area contributed by atoms with Crippen LogP contribution in [-0.2, 0) is 10.0 Å². The van der Waals surface area contributed by atoms with E-state index in [4.69, 9.17) is 9.88 Å². The van der Waals surface area contributed by atoms with Crippen LogP contribution in [0, 0.1) is 6.92 Å². The molecule has 0 amide bonds. The van der Waals surface area contributed by atoms with Crippen LogP contribution in [0.1, 0.15) is 23.7 Å². The Kier molecular flexibility index (Phi) is 9.04. The van der Waals surface area contributed by atoms with Gasteiger partial charge in [-0.1, -0.05) is 30.3 Å². The van der Waals surface area contributed by atoms with Crippen molar-refractivity contribution in [3.05, 3.63) is 59.7 Å². The lowest BCUT2D eigenvalue weighted by Crippen LogP contribution is -2.24. The minimum absolute atomic E-state index is 0. The van der Waals surface area contributed by atoms with E-state index < -0.39 is 16.1 Å². The summed E-state index contributed by atoms with van der Waals surface area (Å²) in [7, 11) is -3.80. The van der Waals surface area contributed by atoms with Crippen molar-refractivity contribution in [1.29, 1.82) is 0 Å². The summed E-state index contributed by atoms with van der Waals surface area (Å²) in [5.41, 5.74) is 1.08. The van der Waals surface area contributed by atoms with E-state index >= 15 is 0 Å². The number of sulfonamides is 1. The molecular formula is C18H25ClN2O4S. The SMILES string of the molecule is Cc1ccc(C(O)CNCCCOc2ccccc2)cc1S(N)(=O)=O.Cl. The van der Waals surface area contributed by atoms with Crippen molar-refractivity contribution in [2.45, 2.75) is 24.3 Å². The Bertz CT molecular complexity index is 785. The first-order valence-electron chi connectivity index (χ1n) is 8.08. The average Bonchev–Trinajstić information content (AvgIpc) is 2.58. The average molecular weight is 401 g/mol. The molecule has 0 aliphatic carbocycles. The van der Waals surface area contributed by atoms with Gasteiger partial charge in [0.1, 0.15) is 5.75 Å². The molecule has 8 heteroatoms. The number of aliphatic hydroxyl groups excluding tert-OH is 1. The molecule has 2 aromatic rings. The number of aliphatic hydroxyl groups is 1. The molecule has 4 N–H and O–H groups in total. The summed E-state index contributed by atoms with van der Waals surface area (Å²) >= 11 is 0. The molecule has 0 saturated carbocycles. The molecule has 0 aliphatic rings. The van der Waals surface area contributed by atoms with E-state index in [0.717, 1.165) is 12.2 Å². The second kappa shape index (κ2) is 10.5. The van der Waals surface area contributed by atoms with Crippen molar-refractivity contribution < 1.29 is 18.3 Å². The van der Waals surface area contributed by atoms with Gasteiger partial charge in [0.2, 0.25) is 10.0 Å². The van der Waals surface area contributed by atoms with Gasteiger partial charge in [0.15, 0.2) is 0 Å². The molecule has 2 rings (SSSR count). The molecule has 0 spiro atoms. The first-order valence-corrected chi connectivity index (χ1v) is 9.62. The van der Waals surface area contributed by atoms with E-state index in [0.29, 0.717) is 30.8 Å². The predicted octanol–water partition coefficient (Wildman–Crippen LogP) is 2.16. The van der Waals surface area contributed by atoms with Gasteiger partial charge in [-0.15, -0.1) is 12.4 Å². The van der Waals surface area contributed by atoms with Crippen LogP contribution in [0.25, 0.3) is 0 Å². The summed E-state index contributed by atoms with van der Waals surface area (Å²) < 4.78 is 28.7. The first-order chi connectivity index (χ1) is 11.9. The minimum Gasteiger partial charge on any atom is -0.494 e. The number of hydrogen-bond donors (Lipinski definition) is 3. The van der Waals surface area contributed by atoms with E-state index in [9.17, 15) is 13.5 Å². The van der Waals surface area contributed by atoms with Crippen molar-refractivity contribution in [2.24, 2.45) is 5.14 Å². The number of hydrogen-bond acceptors (Lipinski definition) is 5. The van der Waals surface area contributed by atoms with Crippen molar-refractivity contribution >= 4 is 22.4 Å². The van der Waals surface area contributed by atoms with Crippen molar-refractivity contribution in [2.75, 3.05) is 19.7 Å². The van der Waals surface area contributed by atoms with Crippen LogP contribution in [0.2, 0.25) is 0 Å². The van der Waals surface area contributed by atoms with Crippen LogP contribution >= 0.6 is 12.4 Å². The number of aryl methyl sites for hydroxylation is 1. The van der Waals surface area contributed by atoms with Gasteiger partial charge in [-0.05, 0) is 49.2 Å². The monoisotopic (exact) mass is 400 g/mol. The fourth-order valence-corrected chi connectivity index (χ4v) is 3.21.